The van der Waals surface area contributed by atoms with Gasteiger partial charge in [-0.05, 0) is 36.6 Å². The van der Waals surface area contributed by atoms with Crippen LogP contribution in [-0.2, 0) is 25.9 Å². The van der Waals surface area contributed by atoms with Crippen molar-refractivity contribution in [2.75, 3.05) is 6.54 Å². The van der Waals surface area contributed by atoms with Crippen LogP contribution in [0.3, 0.4) is 0 Å². The first kappa shape index (κ1) is 16.0. The smallest absolute Gasteiger partial charge is 0.133 e. The van der Waals surface area contributed by atoms with E-state index in [-0.39, 0.29) is 0 Å². The maximum absolute atomic E-state index is 4.31. The van der Waals surface area contributed by atoms with Gasteiger partial charge in [-0.15, -0.1) is 10.2 Å². The Morgan fingerprint density at radius 3 is 2.84 bits per heavy atom. The number of hydrogen-bond acceptors (Lipinski definition) is 4. The second kappa shape index (κ2) is 7.19. The van der Waals surface area contributed by atoms with Crippen molar-refractivity contribution < 1.29 is 0 Å². The Morgan fingerprint density at radius 2 is 2.08 bits per heavy atom. The minimum absolute atomic E-state index is 0.652. The highest BCUT2D eigenvalue weighted by molar-refractivity contribution is 5.34. The zero-order valence-electron chi connectivity index (χ0n) is 14.6. The lowest BCUT2D eigenvalue weighted by molar-refractivity contribution is 0.342. The zero-order chi connectivity index (χ0) is 17.1. The molecule has 0 amide bonds. The van der Waals surface area contributed by atoms with Gasteiger partial charge in [-0.3, -0.25) is 0 Å². The SMILES string of the molecule is CCc1nnc2n1C[C@@H](CNCc1ccc(-n3ccnc3)cc1)CC2. The standard InChI is InChI=1S/C19H24N6/c1-2-18-22-23-19-8-5-16(13-25(18)19)12-21-11-15-3-6-17(7-4-15)24-10-9-20-14-24/h3-4,6-7,9-10,14,16,21H,2,5,8,11-13H2,1H3/t16-/m1/s1. The number of nitrogens with zero attached hydrogens (tertiary/aromatic N) is 5. The summed E-state index contributed by atoms with van der Waals surface area (Å²) in [5.41, 5.74) is 2.44. The van der Waals surface area contributed by atoms with Gasteiger partial charge in [-0.2, -0.15) is 0 Å². The van der Waals surface area contributed by atoms with Crippen LogP contribution in [0.4, 0.5) is 0 Å². The Balaban J connectivity index is 1.29. The maximum Gasteiger partial charge on any atom is 0.133 e. The number of aryl methyl sites for hydroxylation is 2. The molecule has 1 aromatic carbocycles. The van der Waals surface area contributed by atoms with Crippen LogP contribution in [0.15, 0.2) is 43.0 Å². The van der Waals surface area contributed by atoms with E-state index in [1.54, 1.807) is 6.20 Å². The van der Waals surface area contributed by atoms with Crippen molar-refractivity contribution in [2.24, 2.45) is 5.92 Å². The van der Waals surface area contributed by atoms with Gasteiger partial charge in [0.2, 0.25) is 0 Å². The maximum atomic E-state index is 4.31. The highest BCUT2D eigenvalue weighted by Gasteiger charge is 2.21. The van der Waals surface area contributed by atoms with Gasteiger partial charge in [0.05, 0.1) is 6.33 Å². The summed E-state index contributed by atoms with van der Waals surface area (Å²) in [7, 11) is 0. The van der Waals surface area contributed by atoms with Crippen LogP contribution in [0.1, 0.15) is 30.6 Å². The van der Waals surface area contributed by atoms with Gasteiger partial charge in [0.1, 0.15) is 11.6 Å². The lowest BCUT2D eigenvalue weighted by Gasteiger charge is -2.24. The van der Waals surface area contributed by atoms with Crippen LogP contribution in [0.5, 0.6) is 0 Å². The van der Waals surface area contributed by atoms with Gasteiger partial charge in [-0.25, -0.2) is 4.98 Å². The van der Waals surface area contributed by atoms with Crippen LogP contribution >= 0.6 is 0 Å². The monoisotopic (exact) mass is 336 g/mol. The average Bonchev–Trinajstić information content (AvgIpc) is 3.32. The van der Waals surface area contributed by atoms with Gasteiger partial charge in [0.25, 0.3) is 0 Å². The summed E-state index contributed by atoms with van der Waals surface area (Å²) < 4.78 is 4.33. The summed E-state index contributed by atoms with van der Waals surface area (Å²) in [5, 5.41) is 12.2. The molecule has 1 aliphatic rings. The summed E-state index contributed by atoms with van der Waals surface area (Å²) >= 11 is 0. The minimum Gasteiger partial charge on any atom is -0.315 e. The Labute approximate surface area is 147 Å². The third-order valence-corrected chi connectivity index (χ3v) is 4.94. The largest absolute Gasteiger partial charge is 0.315 e. The van der Waals surface area contributed by atoms with Gasteiger partial charge in [-0.1, -0.05) is 19.1 Å². The van der Waals surface area contributed by atoms with Crippen LogP contribution in [0.2, 0.25) is 0 Å². The first-order chi connectivity index (χ1) is 12.3. The van der Waals surface area contributed by atoms with E-state index in [2.05, 4.69) is 56.3 Å². The minimum atomic E-state index is 0.652. The molecule has 0 fully saturated rings. The van der Waals surface area contributed by atoms with E-state index in [9.17, 15) is 0 Å². The molecule has 6 heteroatoms. The molecular weight excluding hydrogens is 312 g/mol. The molecule has 0 unspecified atom stereocenters. The molecule has 0 spiro atoms. The van der Waals surface area contributed by atoms with Crippen molar-refractivity contribution in [2.45, 2.75) is 39.3 Å². The van der Waals surface area contributed by atoms with Gasteiger partial charge < -0.3 is 14.5 Å². The Bertz CT molecular complexity index is 790. The third kappa shape index (κ3) is 3.49. The van der Waals surface area contributed by atoms with Crippen LogP contribution < -0.4 is 5.32 Å². The second-order valence-corrected chi connectivity index (χ2v) is 6.67. The Kier molecular flexibility index (Phi) is 4.61. The molecule has 0 aliphatic carbocycles. The number of fused-ring (bicyclic) bond motifs is 1. The zero-order valence-corrected chi connectivity index (χ0v) is 14.6. The number of benzene rings is 1. The Morgan fingerprint density at radius 1 is 1.20 bits per heavy atom. The van der Waals surface area contributed by atoms with E-state index < -0.39 is 0 Å². The normalized spacial score (nSPS) is 16.8. The van der Waals surface area contributed by atoms with Crippen molar-refractivity contribution in [1.82, 2.24) is 29.6 Å². The molecule has 130 valence electrons. The topological polar surface area (TPSA) is 60.6 Å². The van der Waals surface area contributed by atoms with E-state index in [1.165, 1.54) is 12.0 Å². The molecule has 0 saturated heterocycles. The summed E-state index contributed by atoms with van der Waals surface area (Å²) in [5.74, 6) is 2.93. The van der Waals surface area contributed by atoms with Crippen molar-refractivity contribution in [3.63, 3.8) is 0 Å². The molecule has 4 rings (SSSR count). The van der Waals surface area contributed by atoms with Gasteiger partial charge >= 0.3 is 0 Å². The van der Waals surface area contributed by atoms with Crippen LogP contribution in [-0.4, -0.2) is 30.9 Å². The highest BCUT2D eigenvalue weighted by atomic mass is 15.3. The molecule has 25 heavy (non-hydrogen) atoms. The lowest BCUT2D eigenvalue weighted by Crippen LogP contribution is -2.30. The fourth-order valence-electron chi connectivity index (χ4n) is 3.50. The van der Waals surface area contributed by atoms with Crippen molar-refractivity contribution in [3.8, 4) is 5.69 Å². The first-order valence-electron chi connectivity index (χ1n) is 9.02. The molecule has 1 atom stereocenters. The molecule has 0 radical (unpaired) electrons. The molecule has 3 heterocycles. The molecule has 2 aromatic heterocycles. The number of hydrogen-bond donors (Lipinski definition) is 1. The Hall–Kier alpha value is -2.47. The summed E-state index contributed by atoms with van der Waals surface area (Å²) in [4.78, 5) is 4.09. The number of imidazole rings is 1. The predicted molar refractivity (Wildman–Crippen MR) is 96.5 cm³/mol. The summed E-state index contributed by atoms with van der Waals surface area (Å²) in [6.07, 6.45) is 8.76. The van der Waals surface area contributed by atoms with E-state index in [1.807, 2.05) is 17.1 Å². The summed E-state index contributed by atoms with van der Waals surface area (Å²) in [6, 6.07) is 8.62. The summed E-state index contributed by atoms with van der Waals surface area (Å²) in [6.45, 7) is 5.12. The predicted octanol–water partition coefficient (Wildman–Crippen LogP) is 2.38. The molecule has 3 aromatic rings. The fraction of sp³-hybridized carbons (Fsp3) is 0.421. The van der Waals surface area contributed by atoms with Gasteiger partial charge in [0.15, 0.2) is 0 Å². The van der Waals surface area contributed by atoms with Gasteiger partial charge in [0, 0.05) is 44.0 Å². The van der Waals surface area contributed by atoms with E-state index >= 15 is 0 Å². The number of nitrogens with one attached hydrogen (secondary N) is 1. The quantitative estimate of drug-likeness (QED) is 0.751. The van der Waals surface area contributed by atoms with E-state index in [0.717, 1.165) is 49.8 Å². The highest BCUT2D eigenvalue weighted by Crippen LogP contribution is 2.20. The number of aromatic nitrogens is 5. The second-order valence-electron chi connectivity index (χ2n) is 6.67. The van der Waals surface area contributed by atoms with E-state index in [4.69, 9.17) is 0 Å². The van der Waals surface area contributed by atoms with Crippen molar-refractivity contribution in [1.29, 1.82) is 0 Å². The third-order valence-electron chi connectivity index (χ3n) is 4.94. The molecule has 6 nitrogen and oxygen atoms in total. The molecule has 0 bridgehead atoms. The van der Waals surface area contributed by atoms with E-state index in [0.29, 0.717) is 5.92 Å². The molecular formula is C19H24N6. The van der Waals surface area contributed by atoms with Crippen LogP contribution in [0, 0.1) is 5.92 Å². The first-order valence-corrected chi connectivity index (χ1v) is 9.02. The van der Waals surface area contributed by atoms with Crippen LogP contribution in [0.25, 0.3) is 5.69 Å². The molecule has 1 aliphatic heterocycles. The number of rotatable bonds is 6. The van der Waals surface area contributed by atoms with Crippen molar-refractivity contribution >= 4 is 0 Å². The molecule has 0 saturated carbocycles. The molecule has 1 N–H and O–H groups in total. The lowest BCUT2D eigenvalue weighted by atomic mass is 9.99. The van der Waals surface area contributed by atoms with Crippen molar-refractivity contribution in [3.05, 3.63) is 60.2 Å². The fourth-order valence-corrected chi connectivity index (χ4v) is 3.50. The average molecular weight is 336 g/mol.